The predicted octanol–water partition coefficient (Wildman–Crippen LogP) is 2.09. The van der Waals surface area contributed by atoms with Crippen molar-refractivity contribution in [2.24, 2.45) is 0 Å². The normalized spacial score (nSPS) is 27.2. The van der Waals surface area contributed by atoms with Crippen LogP contribution in [0.25, 0.3) is 0 Å². The summed E-state index contributed by atoms with van der Waals surface area (Å²) in [5.74, 6) is -0.765. The van der Waals surface area contributed by atoms with E-state index in [0.29, 0.717) is 18.5 Å². The first-order chi connectivity index (χ1) is 8.40. The summed E-state index contributed by atoms with van der Waals surface area (Å²) in [5.41, 5.74) is -0.828. The van der Waals surface area contributed by atoms with E-state index >= 15 is 0 Å². The third kappa shape index (κ3) is 3.69. The van der Waals surface area contributed by atoms with Crippen LogP contribution in [0.15, 0.2) is 0 Å². The molecule has 0 radical (unpaired) electrons. The molecule has 106 valence electrons. The molecule has 0 amide bonds. The van der Waals surface area contributed by atoms with Gasteiger partial charge in [-0.25, -0.2) is 0 Å². The van der Waals surface area contributed by atoms with Crippen molar-refractivity contribution in [3.05, 3.63) is 0 Å². The van der Waals surface area contributed by atoms with Crippen LogP contribution >= 0.6 is 0 Å². The van der Waals surface area contributed by atoms with Crippen molar-refractivity contribution < 1.29 is 9.90 Å². The zero-order valence-corrected chi connectivity index (χ0v) is 12.2. The van der Waals surface area contributed by atoms with E-state index in [1.165, 1.54) is 25.7 Å². The van der Waals surface area contributed by atoms with Crippen molar-refractivity contribution in [2.75, 3.05) is 13.6 Å². The van der Waals surface area contributed by atoms with E-state index in [0.717, 1.165) is 6.54 Å². The van der Waals surface area contributed by atoms with Crippen LogP contribution in [0.2, 0.25) is 0 Å². The molecular formula is C14H28N2O2. The van der Waals surface area contributed by atoms with Crippen molar-refractivity contribution in [3.8, 4) is 0 Å². The van der Waals surface area contributed by atoms with Crippen molar-refractivity contribution in [1.82, 2.24) is 10.2 Å². The van der Waals surface area contributed by atoms with E-state index in [2.05, 4.69) is 24.1 Å². The highest BCUT2D eigenvalue weighted by Crippen LogP contribution is 2.23. The van der Waals surface area contributed by atoms with Crippen molar-refractivity contribution >= 4 is 5.97 Å². The van der Waals surface area contributed by atoms with E-state index in [4.69, 9.17) is 0 Å². The molecule has 0 saturated carbocycles. The Morgan fingerprint density at radius 1 is 1.50 bits per heavy atom. The van der Waals surface area contributed by atoms with Crippen LogP contribution in [-0.2, 0) is 4.79 Å². The van der Waals surface area contributed by atoms with Crippen LogP contribution in [0.5, 0.6) is 0 Å². The number of nitrogens with one attached hydrogen (secondary N) is 1. The zero-order chi connectivity index (χ0) is 13.8. The zero-order valence-electron chi connectivity index (χ0n) is 12.2. The highest BCUT2D eigenvalue weighted by molar-refractivity contribution is 5.78. The Hall–Kier alpha value is -0.610. The third-order valence-corrected chi connectivity index (χ3v) is 4.40. The molecular weight excluding hydrogens is 228 g/mol. The van der Waals surface area contributed by atoms with Gasteiger partial charge in [0, 0.05) is 12.1 Å². The molecule has 3 unspecified atom stereocenters. The summed E-state index contributed by atoms with van der Waals surface area (Å²) in [6.45, 7) is 7.29. The van der Waals surface area contributed by atoms with E-state index < -0.39 is 11.5 Å². The number of carboxylic acid groups (broad SMARTS) is 1. The number of likely N-dealkylation sites (tertiary alicyclic amines) is 1. The Balaban J connectivity index is 2.67. The quantitative estimate of drug-likeness (QED) is 0.791. The maximum absolute atomic E-state index is 11.3. The van der Waals surface area contributed by atoms with Crippen LogP contribution in [0.1, 0.15) is 52.9 Å². The Labute approximate surface area is 111 Å². The molecule has 4 heteroatoms. The van der Waals surface area contributed by atoms with E-state index in [-0.39, 0.29) is 0 Å². The number of likely N-dealkylation sites (N-methyl/N-ethyl adjacent to an activating group) is 1. The maximum Gasteiger partial charge on any atom is 0.323 e. The van der Waals surface area contributed by atoms with E-state index in [1.54, 1.807) is 14.0 Å². The minimum atomic E-state index is -0.828. The van der Waals surface area contributed by atoms with E-state index in [1.807, 2.05) is 0 Å². The minimum Gasteiger partial charge on any atom is -0.480 e. The van der Waals surface area contributed by atoms with Gasteiger partial charge in [-0.3, -0.25) is 9.69 Å². The SMILES string of the molecule is CNC(C)(CC(C)N1CCCCCC1C)C(=O)O. The fraction of sp³-hybridized carbons (Fsp3) is 0.929. The number of carboxylic acids is 1. The minimum absolute atomic E-state index is 0.298. The summed E-state index contributed by atoms with van der Waals surface area (Å²) in [4.78, 5) is 13.8. The summed E-state index contributed by atoms with van der Waals surface area (Å²) in [6, 6.07) is 0.865. The lowest BCUT2D eigenvalue weighted by Crippen LogP contribution is -2.53. The molecule has 2 N–H and O–H groups in total. The molecule has 3 atom stereocenters. The summed E-state index contributed by atoms with van der Waals surface area (Å²) in [7, 11) is 1.73. The van der Waals surface area contributed by atoms with Crippen LogP contribution in [0, 0.1) is 0 Å². The second kappa shape index (κ2) is 6.53. The second-order valence-corrected chi connectivity index (χ2v) is 5.88. The second-order valence-electron chi connectivity index (χ2n) is 5.88. The first-order valence-corrected chi connectivity index (χ1v) is 7.09. The molecule has 18 heavy (non-hydrogen) atoms. The molecule has 1 heterocycles. The maximum atomic E-state index is 11.3. The molecule has 1 saturated heterocycles. The molecule has 0 aromatic carbocycles. The van der Waals surface area contributed by atoms with Crippen LogP contribution < -0.4 is 5.32 Å². The highest BCUT2D eigenvalue weighted by atomic mass is 16.4. The molecule has 0 aromatic rings. The number of aliphatic carboxylic acids is 1. The molecule has 0 aromatic heterocycles. The Bertz CT molecular complexity index is 283. The Morgan fingerprint density at radius 2 is 2.17 bits per heavy atom. The molecule has 1 aliphatic rings. The largest absolute Gasteiger partial charge is 0.480 e. The number of hydrogen-bond acceptors (Lipinski definition) is 3. The topological polar surface area (TPSA) is 52.6 Å². The fourth-order valence-electron chi connectivity index (χ4n) is 2.96. The van der Waals surface area contributed by atoms with Gasteiger partial charge in [0.05, 0.1) is 0 Å². The lowest BCUT2D eigenvalue weighted by molar-refractivity contribution is -0.144. The van der Waals surface area contributed by atoms with Gasteiger partial charge in [-0.15, -0.1) is 0 Å². The molecule has 1 aliphatic heterocycles. The van der Waals surface area contributed by atoms with Gasteiger partial charge in [0.25, 0.3) is 0 Å². The van der Waals surface area contributed by atoms with Crippen LogP contribution in [0.4, 0.5) is 0 Å². The summed E-state index contributed by atoms with van der Waals surface area (Å²) in [6.07, 6.45) is 5.71. The summed E-state index contributed by atoms with van der Waals surface area (Å²) in [5, 5.41) is 12.3. The first-order valence-electron chi connectivity index (χ1n) is 7.09. The van der Waals surface area contributed by atoms with Crippen molar-refractivity contribution in [3.63, 3.8) is 0 Å². The van der Waals surface area contributed by atoms with Gasteiger partial charge in [0.2, 0.25) is 0 Å². The molecule has 1 fully saturated rings. The average molecular weight is 256 g/mol. The number of nitrogens with zero attached hydrogens (tertiary/aromatic N) is 1. The highest BCUT2D eigenvalue weighted by Gasteiger charge is 2.35. The van der Waals surface area contributed by atoms with Gasteiger partial charge in [-0.05, 0) is 53.6 Å². The monoisotopic (exact) mass is 256 g/mol. The molecule has 1 rings (SSSR count). The van der Waals surface area contributed by atoms with Crippen LogP contribution in [-0.4, -0.2) is 47.2 Å². The molecule has 0 bridgehead atoms. The van der Waals surface area contributed by atoms with Crippen molar-refractivity contribution in [2.45, 2.75) is 70.5 Å². The van der Waals surface area contributed by atoms with Crippen LogP contribution in [0.3, 0.4) is 0 Å². The van der Waals surface area contributed by atoms with Gasteiger partial charge in [-0.1, -0.05) is 12.8 Å². The number of hydrogen-bond donors (Lipinski definition) is 2. The number of rotatable bonds is 5. The molecule has 4 nitrogen and oxygen atoms in total. The summed E-state index contributed by atoms with van der Waals surface area (Å²) < 4.78 is 0. The standard InChI is InChI=1S/C14H28N2O2/c1-11-8-6-5-7-9-16(11)12(2)10-14(3,15-4)13(17)18/h11-12,15H,5-10H2,1-4H3,(H,17,18). The first kappa shape index (κ1) is 15.4. The van der Waals surface area contributed by atoms with Gasteiger partial charge < -0.3 is 10.4 Å². The van der Waals surface area contributed by atoms with E-state index in [9.17, 15) is 9.90 Å². The Morgan fingerprint density at radius 3 is 2.72 bits per heavy atom. The summed E-state index contributed by atoms with van der Waals surface area (Å²) >= 11 is 0. The average Bonchev–Trinajstić information content (AvgIpc) is 2.53. The lowest BCUT2D eigenvalue weighted by Gasteiger charge is -2.37. The lowest BCUT2D eigenvalue weighted by atomic mass is 9.92. The van der Waals surface area contributed by atoms with Gasteiger partial charge in [0.15, 0.2) is 0 Å². The smallest absolute Gasteiger partial charge is 0.323 e. The van der Waals surface area contributed by atoms with Gasteiger partial charge in [0.1, 0.15) is 5.54 Å². The predicted molar refractivity (Wildman–Crippen MR) is 73.8 cm³/mol. The van der Waals surface area contributed by atoms with Crippen molar-refractivity contribution in [1.29, 1.82) is 0 Å². The number of carbonyl (C=O) groups is 1. The third-order valence-electron chi connectivity index (χ3n) is 4.40. The van der Waals surface area contributed by atoms with Gasteiger partial charge in [-0.2, -0.15) is 0 Å². The fourth-order valence-corrected chi connectivity index (χ4v) is 2.96. The van der Waals surface area contributed by atoms with Gasteiger partial charge >= 0.3 is 5.97 Å². The molecule has 0 aliphatic carbocycles. The molecule has 0 spiro atoms. The Kier molecular flexibility index (Phi) is 5.60.